The lowest BCUT2D eigenvalue weighted by molar-refractivity contribution is -0.151. The average molecular weight is 281 g/mol. The molecule has 1 aliphatic rings. The Balaban J connectivity index is 2.09. The molecule has 1 saturated heterocycles. The van der Waals surface area contributed by atoms with Gasteiger partial charge in [0.2, 0.25) is 0 Å². The van der Waals surface area contributed by atoms with Gasteiger partial charge in [-0.15, -0.1) is 0 Å². The molecule has 1 unspecified atom stereocenters. The second kappa shape index (κ2) is 5.33. The Morgan fingerprint density at radius 1 is 1.47 bits per heavy atom. The van der Waals surface area contributed by atoms with Crippen LogP contribution < -0.4 is 0 Å². The molecule has 1 aromatic heterocycles. The molecule has 0 aromatic carbocycles. The number of thiophene rings is 1. The number of carbonyl (C=O) groups is 2. The molecule has 2 rings (SSSR count). The molecule has 1 aliphatic heterocycles. The van der Waals surface area contributed by atoms with Gasteiger partial charge in [0.15, 0.2) is 0 Å². The van der Waals surface area contributed by atoms with E-state index in [1.807, 2.05) is 16.8 Å². The van der Waals surface area contributed by atoms with Crippen LogP contribution in [0.3, 0.4) is 0 Å². The highest BCUT2D eigenvalue weighted by Gasteiger charge is 2.40. The Morgan fingerprint density at radius 3 is 2.79 bits per heavy atom. The van der Waals surface area contributed by atoms with E-state index in [1.54, 1.807) is 18.7 Å². The van der Waals surface area contributed by atoms with Crippen molar-refractivity contribution in [2.24, 2.45) is 11.3 Å². The lowest BCUT2D eigenvalue weighted by Gasteiger charge is -2.39. The highest BCUT2D eigenvalue weighted by atomic mass is 32.1. The SMILES string of the molecule is CC(C)(C(=O)O)C1CCCN(C(=O)c2ccsc2)C1. The summed E-state index contributed by atoms with van der Waals surface area (Å²) in [5.74, 6) is -0.754. The van der Waals surface area contributed by atoms with Crippen molar-refractivity contribution in [2.45, 2.75) is 26.7 Å². The van der Waals surface area contributed by atoms with Crippen molar-refractivity contribution in [2.75, 3.05) is 13.1 Å². The quantitative estimate of drug-likeness (QED) is 0.926. The summed E-state index contributed by atoms with van der Waals surface area (Å²) in [7, 11) is 0. The molecular formula is C14H19NO3S. The third kappa shape index (κ3) is 2.81. The van der Waals surface area contributed by atoms with Gasteiger partial charge >= 0.3 is 5.97 Å². The third-order valence-electron chi connectivity index (χ3n) is 4.05. The molecule has 1 atom stereocenters. The van der Waals surface area contributed by atoms with Crippen molar-refractivity contribution in [3.63, 3.8) is 0 Å². The molecule has 1 fully saturated rings. The van der Waals surface area contributed by atoms with Gasteiger partial charge in [-0.3, -0.25) is 9.59 Å². The molecule has 104 valence electrons. The van der Waals surface area contributed by atoms with Gasteiger partial charge in [-0.25, -0.2) is 0 Å². The van der Waals surface area contributed by atoms with Gasteiger partial charge in [0.05, 0.1) is 11.0 Å². The molecule has 19 heavy (non-hydrogen) atoms. The number of nitrogens with zero attached hydrogens (tertiary/aromatic N) is 1. The highest BCUT2D eigenvalue weighted by molar-refractivity contribution is 7.08. The van der Waals surface area contributed by atoms with E-state index in [0.717, 1.165) is 19.4 Å². The minimum atomic E-state index is -0.790. The maximum absolute atomic E-state index is 12.3. The standard InChI is InChI=1S/C14H19NO3S/c1-14(2,13(17)18)11-4-3-6-15(8-11)12(16)10-5-7-19-9-10/h5,7,9,11H,3-4,6,8H2,1-2H3,(H,17,18). The first-order valence-corrected chi connectivity index (χ1v) is 7.42. The van der Waals surface area contributed by atoms with Crippen LogP contribution in [0.15, 0.2) is 16.8 Å². The van der Waals surface area contributed by atoms with Gasteiger partial charge < -0.3 is 10.0 Å². The molecule has 0 aliphatic carbocycles. The van der Waals surface area contributed by atoms with E-state index in [4.69, 9.17) is 0 Å². The number of carboxylic acid groups (broad SMARTS) is 1. The molecule has 2 heterocycles. The summed E-state index contributed by atoms with van der Waals surface area (Å²) in [5, 5.41) is 13.0. The Labute approximate surface area is 117 Å². The zero-order valence-electron chi connectivity index (χ0n) is 11.3. The Morgan fingerprint density at radius 2 is 2.21 bits per heavy atom. The Kier molecular flexibility index (Phi) is 3.94. The van der Waals surface area contributed by atoms with Crippen LogP contribution in [-0.2, 0) is 4.79 Å². The Bertz CT molecular complexity index is 467. The lowest BCUT2D eigenvalue weighted by atomic mass is 9.74. The van der Waals surface area contributed by atoms with Crippen LogP contribution in [0.4, 0.5) is 0 Å². The molecule has 1 N–H and O–H groups in total. The molecular weight excluding hydrogens is 262 g/mol. The number of piperidine rings is 1. The van der Waals surface area contributed by atoms with Crippen molar-refractivity contribution in [3.8, 4) is 0 Å². The van der Waals surface area contributed by atoms with Gasteiger partial charge in [0.25, 0.3) is 5.91 Å². The van der Waals surface area contributed by atoms with E-state index in [1.165, 1.54) is 11.3 Å². The van der Waals surface area contributed by atoms with Crippen LogP contribution >= 0.6 is 11.3 Å². The van der Waals surface area contributed by atoms with Crippen molar-refractivity contribution < 1.29 is 14.7 Å². The zero-order chi connectivity index (χ0) is 14.0. The molecule has 1 amide bonds. The van der Waals surface area contributed by atoms with Gasteiger partial charge in [0.1, 0.15) is 0 Å². The van der Waals surface area contributed by atoms with E-state index in [-0.39, 0.29) is 11.8 Å². The zero-order valence-corrected chi connectivity index (χ0v) is 12.1. The number of hydrogen-bond acceptors (Lipinski definition) is 3. The van der Waals surface area contributed by atoms with Crippen LogP contribution in [-0.4, -0.2) is 35.0 Å². The molecule has 5 heteroatoms. The van der Waals surface area contributed by atoms with Crippen LogP contribution in [0.1, 0.15) is 37.0 Å². The average Bonchev–Trinajstić information content (AvgIpc) is 2.91. The summed E-state index contributed by atoms with van der Waals surface area (Å²) in [4.78, 5) is 25.4. The minimum Gasteiger partial charge on any atom is -0.481 e. The molecule has 0 radical (unpaired) electrons. The minimum absolute atomic E-state index is 0.0151. The number of likely N-dealkylation sites (tertiary alicyclic amines) is 1. The molecule has 0 spiro atoms. The topological polar surface area (TPSA) is 57.6 Å². The maximum atomic E-state index is 12.3. The van der Waals surface area contributed by atoms with E-state index in [2.05, 4.69) is 0 Å². The summed E-state index contributed by atoms with van der Waals surface area (Å²) < 4.78 is 0. The van der Waals surface area contributed by atoms with Crippen molar-refractivity contribution in [1.29, 1.82) is 0 Å². The third-order valence-corrected chi connectivity index (χ3v) is 4.73. The van der Waals surface area contributed by atoms with E-state index >= 15 is 0 Å². The number of amides is 1. The van der Waals surface area contributed by atoms with Gasteiger partial charge in [-0.2, -0.15) is 11.3 Å². The number of carbonyl (C=O) groups excluding carboxylic acids is 1. The summed E-state index contributed by atoms with van der Waals surface area (Å²) in [6.45, 7) is 4.76. The number of aliphatic carboxylic acids is 1. The van der Waals surface area contributed by atoms with Gasteiger partial charge in [-0.1, -0.05) is 0 Å². The first-order chi connectivity index (χ1) is 8.93. The fourth-order valence-corrected chi connectivity index (χ4v) is 3.12. The summed E-state index contributed by atoms with van der Waals surface area (Å²) in [5.41, 5.74) is -0.0769. The highest BCUT2D eigenvalue weighted by Crippen LogP contribution is 2.34. The van der Waals surface area contributed by atoms with Crippen LogP contribution in [0.25, 0.3) is 0 Å². The lowest BCUT2D eigenvalue weighted by Crippen LogP contribution is -2.46. The van der Waals surface area contributed by atoms with E-state index < -0.39 is 11.4 Å². The van der Waals surface area contributed by atoms with Crippen molar-refractivity contribution >= 4 is 23.2 Å². The Hall–Kier alpha value is -1.36. The van der Waals surface area contributed by atoms with Crippen molar-refractivity contribution in [1.82, 2.24) is 4.90 Å². The number of carboxylic acids is 1. The summed E-state index contributed by atoms with van der Waals surface area (Å²) in [6.07, 6.45) is 1.74. The van der Waals surface area contributed by atoms with Gasteiger partial charge in [0, 0.05) is 18.5 Å². The molecule has 1 aromatic rings. The largest absolute Gasteiger partial charge is 0.481 e. The summed E-state index contributed by atoms with van der Waals surface area (Å²) in [6, 6.07) is 1.82. The second-order valence-electron chi connectivity index (χ2n) is 5.63. The fourth-order valence-electron chi connectivity index (χ4n) is 2.49. The second-order valence-corrected chi connectivity index (χ2v) is 6.41. The normalized spacial score (nSPS) is 20.3. The molecule has 0 bridgehead atoms. The van der Waals surface area contributed by atoms with E-state index in [0.29, 0.717) is 12.1 Å². The smallest absolute Gasteiger partial charge is 0.309 e. The molecule has 0 saturated carbocycles. The fraction of sp³-hybridized carbons (Fsp3) is 0.571. The van der Waals surface area contributed by atoms with Crippen LogP contribution in [0.2, 0.25) is 0 Å². The predicted octanol–water partition coefficient (Wildman–Crippen LogP) is 2.71. The maximum Gasteiger partial charge on any atom is 0.309 e. The van der Waals surface area contributed by atoms with Gasteiger partial charge in [-0.05, 0) is 44.1 Å². The van der Waals surface area contributed by atoms with E-state index in [9.17, 15) is 14.7 Å². The summed E-state index contributed by atoms with van der Waals surface area (Å²) >= 11 is 1.50. The van der Waals surface area contributed by atoms with Crippen molar-refractivity contribution in [3.05, 3.63) is 22.4 Å². The molecule has 4 nitrogen and oxygen atoms in total. The number of rotatable bonds is 3. The monoisotopic (exact) mass is 281 g/mol. The predicted molar refractivity (Wildman–Crippen MR) is 74.4 cm³/mol. The van der Waals surface area contributed by atoms with Crippen LogP contribution in [0, 0.1) is 11.3 Å². The first-order valence-electron chi connectivity index (χ1n) is 6.48. The first kappa shape index (κ1) is 14.1. The van der Waals surface area contributed by atoms with Crippen LogP contribution in [0.5, 0.6) is 0 Å². The number of hydrogen-bond donors (Lipinski definition) is 1.